The average Bonchev–Trinajstić information content (AvgIpc) is 2.45. The van der Waals surface area contributed by atoms with E-state index in [-0.39, 0.29) is 11.7 Å². The number of nitrogens with zero attached hydrogens (tertiary/aromatic N) is 1. The Morgan fingerprint density at radius 2 is 2.20 bits per heavy atom. The minimum atomic E-state index is -0.395. The molecule has 0 spiro atoms. The summed E-state index contributed by atoms with van der Waals surface area (Å²) in [5, 5.41) is 0. The Morgan fingerprint density at radius 3 is 2.90 bits per heavy atom. The molecular weight excluding hydrogens is 279 g/mol. The molecular formula is C13H13FN4OS. The lowest BCUT2D eigenvalue weighted by Gasteiger charge is -2.08. The molecule has 0 unspecified atom stereocenters. The van der Waals surface area contributed by atoms with Gasteiger partial charge in [0, 0.05) is 16.8 Å². The number of thioether (sulfide) groups is 1. The summed E-state index contributed by atoms with van der Waals surface area (Å²) in [5.41, 5.74) is 11.2. The molecule has 20 heavy (non-hydrogen) atoms. The van der Waals surface area contributed by atoms with Crippen molar-refractivity contribution in [2.24, 2.45) is 0 Å². The molecule has 2 rings (SSSR count). The van der Waals surface area contributed by atoms with Gasteiger partial charge in [-0.2, -0.15) is 0 Å². The van der Waals surface area contributed by atoms with Crippen LogP contribution in [0.25, 0.3) is 0 Å². The van der Waals surface area contributed by atoms with E-state index in [2.05, 4.69) is 15.8 Å². The van der Waals surface area contributed by atoms with Gasteiger partial charge in [0.05, 0.1) is 5.75 Å². The van der Waals surface area contributed by atoms with Crippen molar-refractivity contribution in [1.82, 2.24) is 10.4 Å². The zero-order valence-corrected chi connectivity index (χ0v) is 11.3. The number of rotatable bonds is 5. The molecule has 0 aliphatic rings. The third kappa shape index (κ3) is 4.13. The Morgan fingerprint density at radius 1 is 1.35 bits per heavy atom. The van der Waals surface area contributed by atoms with Crippen LogP contribution >= 0.6 is 11.8 Å². The molecule has 0 aliphatic heterocycles. The predicted molar refractivity (Wildman–Crippen MR) is 77.5 cm³/mol. The number of nitrogen functional groups attached to an aromatic ring is 1. The quantitative estimate of drug-likeness (QED) is 0.446. The van der Waals surface area contributed by atoms with Crippen molar-refractivity contribution in [1.29, 1.82) is 0 Å². The summed E-state index contributed by atoms with van der Waals surface area (Å²) in [6.07, 6.45) is 1.61. The fourth-order valence-corrected chi connectivity index (χ4v) is 2.15. The Bertz CT molecular complexity index is 594. The van der Waals surface area contributed by atoms with Crippen LogP contribution in [-0.2, 0) is 4.79 Å². The van der Waals surface area contributed by atoms with Gasteiger partial charge in [-0.3, -0.25) is 15.6 Å². The van der Waals surface area contributed by atoms with Crippen LogP contribution in [0, 0.1) is 5.82 Å². The third-order valence-electron chi connectivity index (χ3n) is 2.33. The van der Waals surface area contributed by atoms with Crippen molar-refractivity contribution >= 4 is 29.2 Å². The first-order valence-electron chi connectivity index (χ1n) is 5.79. The summed E-state index contributed by atoms with van der Waals surface area (Å²) in [5.74, 6) is 0.0833. The normalized spacial score (nSPS) is 10.1. The molecule has 0 atom stereocenters. The van der Waals surface area contributed by atoms with Gasteiger partial charge in [0.25, 0.3) is 0 Å². The molecule has 104 valence electrons. The first-order chi connectivity index (χ1) is 9.65. The van der Waals surface area contributed by atoms with E-state index in [1.165, 1.54) is 23.9 Å². The van der Waals surface area contributed by atoms with Gasteiger partial charge >= 0.3 is 0 Å². The molecule has 0 fully saturated rings. The van der Waals surface area contributed by atoms with Gasteiger partial charge in [0.15, 0.2) is 0 Å². The minimum absolute atomic E-state index is 0.162. The number of benzene rings is 1. The van der Waals surface area contributed by atoms with Gasteiger partial charge in [0.2, 0.25) is 5.91 Å². The second-order valence-electron chi connectivity index (χ2n) is 3.86. The summed E-state index contributed by atoms with van der Waals surface area (Å²) in [6, 6.07) is 9.39. The van der Waals surface area contributed by atoms with E-state index in [0.717, 1.165) is 0 Å². The first-order valence-corrected chi connectivity index (χ1v) is 6.77. The minimum Gasteiger partial charge on any atom is -0.398 e. The highest BCUT2D eigenvalue weighted by Gasteiger charge is 2.06. The molecule has 0 aliphatic carbocycles. The lowest BCUT2D eigenvalue weighted by Crippen LogP contribution is -2.31. The Balaban J connectivity index is 1.80. The summed E-state index contributed by atoms with van der Waals surface area (Å²) in [4.78, 5) is 16.3. The number of anilines is 2. The highest BCUT2D eigenvalue weighted by atomic mass is 32.2. The second-order valence-corrected chi connectivity index (χ2v) is 4.88. The van der Waals surface area contributed by atoms with Crippen molar-refractivity contribution in [3.8, 4) is 0 Å². The van der Waals surface area contributed by atoms with Crippen molar-refractivity contribution in [2.75, 3.05) is 16.9 Å². The van der Waals surface area contributed by atoms with Crippen molar-refractivity contribution < 1.29 is 9.18 Å². The number of aromatic nitrogens is 1. The van der Waals surface area contributed by atoms with Crippen LogP contribution in [-0.4, -0.2) is 16.6 Å². The first kappa shape index (κ1) is 14.1. The Hall–Kier alpha value is -2.28. The largest absolute Gasteiger partial charge is 0.398 e. The highest BCUT2D eigenvalue weighted by molar-refractivity contribution is 8.00. The average molecular weight is 292 g/mol. The van der Waals surface area contributed by atoms with E-state index in [1.807, 2.05) is 0 Å². The number of amides is 1. The number of nitrogens with two attached hydrogens (primary N) is 1. The number of pyridine rings is 1. The van der Waals surface area contributed by atoms with Gasteiger partial charge in [0.1, 0.15) is 11.6 Å². The Kier molecular flexibility index (Phi) is 4.78. The molecule has 0 radical (unpaired) electrons. The summed E-state index contributed by atoms with van der Waals surface area (Å²) in [7, 11) is 0. The van der Waals surface area contributed by atoms with E-state index < -0.39 is 5.82 Å². The van der Waals surface area contributed by atoms with Gasteiger partial charge in [-0.05, 0) is 30.3 Å². The third-order valence-corrected chi connectivity index (χ3v) is 3.41. The van der Waals surface area contributed by atoms with Crippen LogP contribution < -0.4 is 16.6 Å². The molecule has 1 aromatic heterocycles. The number of nitrogens with one attached hydrogen (secondary N) is 2. The molecule has 0 saturated carbocycles. The van der Waals surface area contributed by atoms with Gasteiger partial charge in [-0.15, -0.1) is 11.8 Å². The fourth-order valence-electron chi connectivity index (χ4n) is 1.40. The number of carbonyl (C=O) groups excluding carboxylic acids is 1. The lowest BCUT2D eigenvalue weighted by atomic mass is 10.3. The van der Waals surface area contributed by atoms with E-state index in [1.54, 1.807) is 30.5 Å². The fraction of sp³-hybridized carbons (Fsp3) is 0.0769. The van der Waals surface area contributed by atoms with Crippen LogP contribution in [0.1, 0.15) is 0 Å². The van der Waals surface area contributed by atoms with E-state index in [0.29, 0.717) is 16.4 Å². The van der Waals surface area contributed by atoms with E-state index in [4.69, 9.17) is 5.73 Å². The van der Waals surface area contributed by atoms with Crippen LogP contribution in [0.3, 0.4) is 0 Å². The van der Waals surface area contributed by atoms with Gasteiger partial charge in [-0.25, -0.2) is 9.37 Å². The number of hydrazine groups is 1. The molecule has 1 amide bonds. The maximum atomic E-state index is 12.9. The maximum absolute atomic E-state index is 12.9. The van der Waals surface area contributed by atoms with Crippen molar-refractivity contribution in [3.05, 3.63) is 48.4 Å². The summed E-state index contributed by atoms with van der Waals surface area (Å²) in [6.45, 7) is 0. The monoisotopic (exact) mass is 292 g/mol. The summed E-state index contributed by atoms with van der Waals surface area (Å²) >= 11 is 1.23. The predicted octanol–water partition coefficient (Wildman–Crippen LogP) is 2.04. The van der Waals surface area contributed by atoms with Crippen LogP contribution in [0.15, 0.2) is 47.5 Å². The SMILES string of the molecule is Nc1cc(F)ccc1SCC(=O)NNc1ccccn1. The number of hydrogen-bond donors (Lipinski definition) is 3. The summed E-state index contributed by atoms with van der Waals surface area (Å²) < 4.78 is 12.9. The second kappa shape index (κ2) is 6.76. The molecule has 1 heterocycles. The van der Waals surface area contributed by atoms with Gasteiger partial charge in [-0.1, -0.05) is 6.07 Å². The molecule has 0 saturated heterocycles. The zero-order valence-electron chi connectivity index (χ0n) is 10.5. The lowest BCUT2D eigenvalue weighted by molar-refractivity contribution is -0.118. The molecule has 4 N–H and O–H groups in total. The van der Waals surface area contributed by atoms with Crippen LogP contribution in [0.5, 0.6) is 0 Å². The van der Waals surface area contributed by atoms with Crippen molar-refractivity contribution in [2.45, 2.75) is 4.90 Å². The van der Waals surface area contributed by atoms with E-state index in [9.17, 15) is 9.18 Å². The van der Waals surface area contributed by atoms with Gasteiger partial charge < -0.3 is 5.73 Å². The highest BCUT2D eigenvalue weighted by Crippen LogP contribution is 2.25. The zero-order chi connectivity index (χ0) is 14.4. The van der Waals surface area contributed by atoms with E-state index >= 15 is 0 Å². The topological polar surface area (TPSA) is 80.0 Å². The molecule has 2 aromatic rings. The standard InChI is InChI=1S/C13H13FN4OS/c14-9-4-5-11(10(15)7-9)20-8-13(19)18-17-12-3-1-2-6-16-12/h1-7H,8,15H2,(H,16,17)(H,18,19). The Labute approximate surface area is 119 Å². The smallest absolute Gasteiger partial charge is 0.248 e. The molecule has 7 heteroatoms. The molecule has 5 nitrogen and oxygen atoms in total. The number of halogens is 1. The molecule has 0 bridgehead atoms. The van der Waals surface area contributed by atoms with Crippen LogP contribution in [0.2, 0.25) is 0 Å². The maximum Gasteiger partial charge on any atom is 0.248 e. The molecule has 1 aromatic carbocycles. The van der Waals surface area contributed by atoms with Crippen LogP contribution in [0.4, 0.5) is 15.9 Å². The van der Waals surface area contributed by atoms with Crippen molar-refractivity contribution in [3.63, 3.8) is 0 Å². The number of hydrogen-bond acceptors (Lipinski definition) is 5. The number of carbonyl (C=O) groups is 1.